The second-order valence-corrected chi connectivity index (χ2v) is 5.28. The number of hydrogen-bond acceptors (Lipinski definition) is 3. The smallest absolute Gasteiger partial charge is 0.368 e. The number of rotatable bonds is 6. The molecule has 0 heterocycles. The summed E-state index contributed by atoms with van der Waals surface area (Å²) in [5.41, 5.74) is 10.1. The molecule has 1 rings (SSSR count). The van der Waals surface area contributed by atoms with Crippen molar-refractivity contribution in [3.63, 3.8) is 0 Å². The van der Waals surface area contributed by atoms with Crippen LogP contribution in [-0.2, 0) is 17.5 Å². The van der Waals surface area contributed by atoms with Gasteiger partial charge in [0, 0.05) is 18.8 Å². The van der Waals surface area contributed by atoms with Crippen molar-refractivity contribution in [2.24, 2.45) is 17.4 Å². The van der Waals surface area contributed by atoms with Gasteiger partial charge in [0.2, 0.25) is 5.91 Å². The molecule has 0 aromatic heterocycles. The zero-order valence-corrected chi connectivity index (χ0v) is 12.1. The van der Waals surface area contributed by atoms with Gasteiger partial charge in [-0.3, -0.25) is 4.79 Å². The molecule has 0 spiro atoms. The van der Waals surface area contributed by atoms with Crippen molar-refractivity contribution < 1.29 is 18.0 Å². The Kier molecular flexibility index (Phi) is 5.60. The molecular formula is C14H20F3N3O. The minimum Gasteiger partial charge on any atom is -0.368 e. The minimum absolute atomic E-state index is 0.0230. The van der Waals surface area contributed by atoms with Gasteiger partial charge in [-0.25, -0.2) is 0 Å². The van der Waals surface area contributed by atoms with Crippen molar-refractivity contribution in [1.82, 2.24) is 0 Å². The Hall–Kier alpha value is -1.76. The molecule has 118 valence electrons. The molecule has 7 heteroatoms. The molecule has 0 saturated carbocycles. The number of nitrogens with two attached hydrogens (primary N) is 2. The summed E-state index contributed by atoms with van der Waals surface area (Å²) in [6.07, 6.45) is -4.49. The summed E-state index contributed by atoms with van der Waals surface area (Å²) in [6.45, 7) is 3.93. The van der Waals surface area contributed by atoms with Crippen LogP contribution in [-0.4, -0.2) is 19.0 Å². The lowest BCUT2D eigenvalue weighted by Gasteiger charge is -2.26. The Labute approximate surface area is 121 Å². The third kappa shape index (κ3) is 4.93. The average Bonchev–Trinajstić information content (AvgIpc) is 2.35. The Bertz CT molecular complexity index is 501. The van der Waals surface area contributed by atoms with E-state index in [0.29, 0.717) is 12.2 Å². The predicted molar refractivity (Wildman–Crippen MR) is 75.6 cm³/mol. The second kappa shape index (κ2) is 6.80. The summed E-state index contributed by atoms with van der Waals surface area (Å²) in [6, 6.07) is 3.89. The molecule has 21 heavy (non-hydrogen) atoms. The first-order valence-corrected chi connectivity index (χ1v) is 6.58. The molecule has 0 radical (unpaired) electrons. The van der Waals surface area contributed by atoms with Crippen LogP contribution in [0.1, 0.15) is 25.0 Å². The number of primary amides is 1. The lowest BCUT2D eigenvalue weighted by atomic mass is 10.0. The average molecular weight is 303 g/mol. The van der Waals surface area contributed by atoms with Gasteiger partial charge in [0.1, 0.15) is 0 Å². The first kappa shape index (κ1) is 17.3. The Balaban J connectivity index is 3.22. The maximum absolute atomic E-state index is 13.0. The molecule has 0 saturated heterocycles. The van der Waals surface area contributed by atoms with Crippen LogP contribution in [0.25, 0.3) is 0 Å². The van der Waals surface area contributed by atoms with Gasteiger partial charge in [0.05, 0.1) is 12.1 Å². The Morgan fingerprint density at radius 3 is 2.38 bits per heavy atom. The van der Waals surface area contributed by atoms with Gasteiger partial charge in [-0.15, -0.1) is 0 Å². The van der Waals surface area contributed by atoms with Gasteiger partial charge in [0.15, 0.2) is 0 Å². The molecule has 0 unspecified atom stereocenters. The first-order valence-electron chi connectivity index (χ1n) is 6.58. The van der Waals surface area contributed by atoms with Gasteiger partial charge < -0.3 is 16.4 Å². The summed E-state index contributed by atoms with van der Waals surface area (Å²) < 4.78 is 39.1. The maximum Gasteiger partial charge on any atom is 0.416 e. The van der Waals surface area contributed by atoms with E-state index in [1.807, 2.05) is 13.8 Å². The monoisotopic (exact) mass is 303 g/mol. The normalized spacial score (nSPS) is 11.8. The number of alkyl halides is 3. The number of carbonyl (C=O) groups is 1. The molecule has 0 fully saturated rings. The van der Waals surface area contributed by atoms with E-state index in [1.54, 1.807) is 4.90 Å². The highest BCUT2D eigenvalue weighted by atomic mass is 19.4. The third-order valence-electron chi connectivity index (χ3n) is 2.92. The molecule has 1 aromatic carbocycles. The van der Waals surface area contributed by atoms with E-state index in [4.69, 9.17) is 11.5 Å². The number of hydrogen-bond donors (Lipinski definition) is 2. The summed E-state index contributed by atoms with van der Waals surface area (Å²) in [4.78, 5) is 12.7. The van der Waals surface area contributed by atoms with E-state index in [0.717, 1.165) is 6.07 Å². The van der Waals surface area contributed by atoms with Crippen LogP contribution < -0.4 is 16.4 Å². The summed E-state index contributed by atoms with van der Waals surface area (Å²) in [5.74, 6) is -0.417. The lowest BCUT2D eigenvalue weighted by molar-refractivity contribution is -0.138. The predicted octanol–water partition coefficient (Wildman–Crippen LogP) is 2.11. The quantitative estimate of drug-likeness (QED) is 0.845. The van der Waals surface area contributed by atoms with Crippen molar-refractivity contribution >= 4 is 11.6 Å². The highest BCUT2D eigenvalue weighted by molar-refractivity contribution is 5.79. The minimum atomic E-state index is -4.49. The molecule has 4 nitrogen and oxygen atoms in total. The van der Waals surface area contributed by atoms with Crippen LogP contribution in [0.2, 0.25) is 0 Å². The molecular weight excluding hydrogens is 283 g/mol. The van der Waals surface area contributed by atoms with Crippen LogP contribution in [0, 0.1) is 5.92 Å². The largest absolute Gasteiger partial charge is 0.416 e. The van der Waals surface area contributed by atoms with E-state index < -0.39 is 17.6 Å². The van der Waals surface area contributed by atoms with Gasteiger partial charge in [-0.1, -0.05) is 19.9 Å². The molecule has 0 aliphatic heterocycles. The molecule has 1 amide bonds. The fourth-order valence-corrected chi connectivity index (χ4v) is 2.09. The second-order valence-electron chi connectivity index (χ2n) is 5.28. The van der Waals surface area contributed by atoms with Crippen LogP contribution in [0.15, 0.2) is 18.2 Å². The maximum atomic E-state index is 13.0. The fraction of sp³-hybridized carbons (Fsp3) is 0.500. The third-order valence-corrected chi connectivity index (χ3v) is 2.92. The summed E-state index contributed by atoms with van der Waals surface area (Å²) >= 11 is 0. The first-order chi connectivity index (χ1) is 9.65. The zero-order valence-electron chi connectivity index (χ0n) is 12.1. The molecule has 0 bridgehead atoms. The molecule has 4 N–H and O–H groups in total. The van der Waals surface area contributed by atoms with E-state index in [-0.39, 0.29) is 24.6 Å². The van der Waals surface area contributed by atoms with E-state index in [2.05, 4.69) is 0 Å². The molecule has 1 aromatic rings. The van der Waals surface area contributed by atoms with E-state index in [9.17, 15) is 18.0 Å². The number of carbonyl (C=O) groups excluding carboxylic acids is 1. The number of anilines is 1. The van der Waals surface area contributed by atoms with Gasteiger partial charge >= 0.3 is 6.18 Å². The number of halogens is 3. The van der Waals surface area contributed by atoms with Gasteiger partial charge in [-0.2, -0.15) is 13.2 Å². The number of benzene rings is 1. The van der Waals surface area contributed by atoms with Crippen LogP contribution in [0.4, 0.5) is 18.9 Å². The standard InChI is InChI=1S/C14H20F3N3O/c1-9(2)7-20(8-13(19)21)11-4-3-10(6-18)12(5-11)14(15,16)17/h3-5,9H,6-8,18H2,1-2H3,(H2,19,21). The van der Waals surface area contributed by atoms with E-state index >= 15 is 0 Å². The van der Waals surface area contributed by atoms with Crippen molar-refractivity contribution in [2.75, 3.05) is 18.0 Å². The SMILES string of the molecule is CC(C)CN(CC(N)=O)c1ccc(CN)c(C(F)(F)F)c1. The topological polar surface area (TPSA) is 72.3 Å². The fourth-order valence-electron chi connectivity index (χ4n) is 2.09. The van der Waals surface area contributed by atoms with Crippen molar-refractivity contribution in [3.8, 4) is 0 Å². The molecule has 0 aliphatic rings. The van der Waals surface area contributed by atoms with Crippen LogP contribution in [0.5, 0.6) is 0 Å². The van der Waals surface area contributed by atoms with Crippen molar-refractivity contribution in [3.05, 3.63) is 29.3 Å². The highest BCUT2D eigenvalue weighted by Gasteiger charge is 2.33. The van der Waals surface area contributed by atoms with Crippen molar-refractivity contribution in [1.29, 1.82) is 0 Å². The lowest BCUT2D eigenvalue weighted by Crippen LogP contribution is -2.36. The molecule has 0 aliphatic carbocycles. The zero-order chi connectivity index (χ0) is 16.2. The molecule has 0 atom stereocenters. The Morgan fingerprint density at radius 1 is 1.33 bits per heavy atom. The summed E-state index contributed by atoms with van der Waals surface area (Å²) in [7, 11) is 0. The van der Waals surface area contributed by atoms with Crippen LogP contribution in [0.3, 0.4) is 0 Å². The Morgan fingerprint density at radius 2 is 1.95 bits per heavy atom. The number of amides is 1. The van der Waals surface area contributed by atoms with E-state index in [1.165, 1.54) is 12.1 Å². The van der Waals surface area contributed by atoms with Gasteiger partial charge in [0.25, 0.3) is 0 Å². The summed E-state index contributed by atoms with van der Waals surface area (Å²) in [5, 5.41) is 0. The highest BCUT2D eigenvalue weighted by Crippen LogP contribution is 2.34. The van der Waals surface area contributed by atoms with Gasteiger partial charge in [-0.05, 0) is 23.6 Å². The van der Waals surface area contributed by atoms with Crippen molar-refractivity contribution in [2.45, 2.75) is 26.6 Å². The van der Waals surface area contributed by atoms with Crippen LogP contribution >= 0.6 is 0 Å². The number of nitrogens with zero attached hydrogens (tertiary/aromatic N) is 1.